The van der Waals surface area contributed by atoms with E-state index < -0.39 is 0 Å². The van der Waals surface area contributed by atoms with Gasteiger partial charge in [-0.2, -0.15) is 0 Å². The van der Waals surface area contributed by atoms with Gasteiger partial charge in [0.05, 0.1) is 6.10 Å². The van der Waals surface area contributed by atoms with Gasteiger partial charge in [0, 0.05) is 12.6 Å². The first-order valence-electron chi connectivity index (χ1n) is 7.42. The number of benzene rings is 1. The molecule has 1 aromatic rings. The molecule has 3 heteroatoms. The summed E-state index contributed by atoms with van der Waals surface area (Å²) in [5.41, 5.74) is 7.26. The van der Waals surface area contributed by atoms with Crippen molar-refractivity contribution >= 4 is 0 Å². The monoisotopic (exact) mass is 278 g/mol. The maximum absolute atomic E-state index is 5.82. The minimum atomic E-state index is 0.143. The third kappa shape index (κ3) is 5.14. The van der Waals surface area contributed by atoms with Crippen molar-refractivity contribution in [3.8, 4) is 5.75 Å². The van der Waals surface area contributed by atoms with Crippen molar-refractivity contribution in [1.29, 1.82) is 0 Å². The molecular weight excluding hydrogens is 248 g/mol. The summed E-state index contributed by atoms with van der Waals surface area (Å²) < 4.78 is 5.68. The second-order valence-electron chi connectivity index (χ2n) is 6.70. The van der Waals surface area contributed by atoms with E-state index in [0.29, 0.717) is 12.6 Å². The fourth-order valence-corrected chi connectivity index (χ4v) is 2.23. The van der Waals surface area contributed by atoms with Gasteiger partial charge in [0.15, 0.2) is 0 Å². The van der Waals surface area contributed by atoms with Gasteiger partial charge >= 0.3 is 0 Å². The zero-order chi connectivity index (χ0) is 15.3. The van der Waals surface area contributed by atoms with Crippen LogP contribution in [0.5, 0.6) is 5.75 Å². The average molecular weight is 278 g/mol. The fraction of sp³-hybridized carbons (Fsp3) is 0.647. The van der Waals surface area contributed by atoms with Crippen molar-refractivity contribution in [3.05, 3.63) is 29.8 Å². The molecule has 0 amide bonds. The number of hydrogen-bond acceptors (Lipinski definition) is 3. The predicted octanol–water partition coefficient (Wildman–Crippen LogP) is 3.45. The average Bonchev–Trinajstić information content (AvgIpc) is 2.37. The molecule has 114 valence electrons. The van der Waals surface area contributed by atoms with E-state index in [1.165, 1.54) is 5.56 Å². The smallest absolute Gasteiger partial charge is 0.119 e. The Balaban J connectivity index is 2.69. The normalized spacial score (nSPS) is 13.8. The highest BCUT2D eigenvalue weighted by atomic mass is 16.5. The van der Waals surface area contributed by atoms with Crippen LogP contribution in [0.3, 0.4) is 0 Å². The number of nitrogens with zero attached hydrogens (tertiary/aromatic N) is 1. The topological polar surface area (TPSA) is 38.5 Å². The molecule has 0 heterocycles. The molecule has 0 bridgehead atoms. The molecule has 0 spiro atoms. The first-order chi connectivity index (χ1) is 9.25. The first-order valence-corrected chi connectivity index (χ1v) is 7.42. The summed E-state index contributed by atoms with van der Waals surface area (Å²) in [6.07, 6.45) is 0.214. The van der Waals surface area contributed by atoms with Gasteiger partial charge < -0.3 is 10.5 Å². The molecule has 0 aliphatic carbocycles. The second-order valence-corrected chi connectivity index (χ2v) is 6.70. The number of rotatable bonds is 7. The van der Waals surface area contributed by atoms with Gasteiger partial charge in [0.1, 0.15) is 5.75 Å². The Morgan fingerprint density at radius 3 is 2.15 bits per heavy atom. The summed E-state index contributed by atoms with van der Waals surface area (Å²) in [4.78, 5) is 2.35. The van der Waals surface area contributed by atoms with Crippen molar-refractivity contribution in [1.82, 2.24) is 4.90 Å². The molecular formula is C17H30N2O. The molecule has 0 aliphatic heterocycles. The van der Waals surface area contributed by atoms with Crippen LogP contribution in [0.15, 0.2) is 24.3 Å². The van der Waals surface area contributed by atoms with Crippen LogP contribution < -0.4 is 10.5 Å². The van der Waals surface area contributed by atoms with Crippen LogP contribution >= 0.6 is 0 Å². The van der Waals surface area contributed by atoms with E-state index >= 15 is 0 Å². The summed E-state index contributed by atoms with van der Waals surface area (Å²) in [6, 6.07) is 8.76. The van der Waals surface area contributed by atoms with Crippen molar-refractivity contribution in [2.75, 3.05) is 20.1 Å². The SMILES string of the molecule is CC(C)Oc1ccc(C(C)N(C)CC(C)(C)CN)cc1. The van der Waals surface area contributed by atoms with Crippen LogP contribution in [0.2, 0.25) is 0 Å². The molecule has 1 unspecified atom stereocenters. The Morgan fingerprint density at radius 1 is 1.15 bits per heavy atom. The number of hydrogen-bond donors (Lipinski definition) is 1. The van der Waals surface area contributed by atoms with E-state index in [-0.39, 0.29) is 11.5 Å². The first kappa shape index (κ1) is 17.0. The lowest BCUT2D eigenvalue weighted by molar-refractivity contribution is 0.174. The molecule has 2 N–H and O–H groups in total. The van der Waals surface area contributed by atoms with Gasteiger partial charge in [-0.1, -0.05) is 26.0 Å². The van der Waals surface area contributed by atoms with Crippen LogP contribution in [0, 0.1) is 5.41 Å². The second kappa shape index (κ2) is 7.09. The lowest BCUT2D eigenvalue weighted by Crippen LogP contribution is -2.37. The third-order valence-electron chi connectivity index (χ3n) is 3.63. The Labute approximate surface area is 124 Å². The van der Waals surface area contributed by atoms with Gasteiger partial charge in [-0.25, -0.2) is 0 Å². The van der Waals surface area contributed by atoms with Crippen LogP contribution in [0.4, 0.5) is 0 Å². The van der Waals surface area contributed by atoms with Gasteiger partial charge in [0.25, 0.3) is 0 Å². The predicted molar refractivity (Wildman–Crippen MR) is 86.1 cm³/mol. The standard InChI is InChI=1S/C17H30N2O/c1-13(2)20-16-9-7-15(8-10-16)14(3)19(6)12-17(4,5)11-18/h7-10,13-14H,11-12,18H2,1-6H3. The number of nitrogens with two attached hydrogens (primary N) is 1. The summed E-state index contributed by atoms with van der Waals surface area (Å²) in [5.74, 6) is 0.931. The summed E-state index contributed by atoms with van der Waals surface area (Å²) >= 11 is 0. The van der Waals surface area contributed by atoms with Gasteiger partial charge in [0.2, 0.25) is 0 Å². The van der Waals surface area contributed by atoms with Gasteiger partial charge in [-0.3, -0.25) is 4.90 Å². The summed E-state index contributed by atoms with van der Waals surface area (Å²) in [5, 5.41) is 0. The van der Waals surface area contributed by atoms with Crippen LogP contribution in [0.1, 0.15) is 46.2 Å². The zero-order valence-corrected chi connectivity index (χ0v) is 13.8. The minimum absolute atomic E-state index is 0.143. The molecule has 1 atom stereocenters. The van der Waals surface area contributed by atoms with Crippen LogP contribution in [-0.4, -0.2) is 31.1 Å². The minimum Gasteiger partial charge on any atom is -0.491 e. The fourth-order valence-electron chi connectivity index (χ4n) is 2.23. The third-order valence-corrected chi connectivity index (χ3v) is 3.63. The maximum atomic E-state index is 5.82. The van der Waals surface area contributed by atoms with Crippen LogP contribution in [0.25, 0.3) is 0 Å². The number of ether oxygens (including phenoxy) is 1. The van der Waals surface area contributed by atoms with Crippen molar-refractivity contribution in [3.63, 3.8) is 0 Å². The van der Waals surface area contributed by atoms with Gasteiger partial charge in [-0.15, -0.1) is 0 Å². The van der Waals surface area contributed by atoms with Crippen LogP contribution in [-0.2, 0) is 0 Å². The van der Waals surface area contributed by atoms with Crippen molar-refractivity contribution in [2.24, 2.45) is 11.1 Å². The quantitative estimate of drug-likeness (QED) is 0.830. The molecule has 20 heavy (non-hydrogen) atoms. The highest BCUT2D eigenvalue weighted by Crippen LogP contribution is 2.25. The molecule has 0 aromatic heterocycles. The van der Waals surface area contributed by atoms with E-state index in [1.807, 2.05) is 26.0 Å². The lowest BCUT2D eigenvalue weighted by Gasteiger charge is -2.33. The Kier molecular flexibility index (Phi) is 6.03. The van der Waals surface area contributed by atoms with Gasteiger partial charge in [-0.05, 0) is 57.5 Å². The molecule has 0 saturated heterocycles. The molecule has 1 aromatic carbocycles. The maximum Gasteiger partial charge on any atom is 0.119 e. The molecule has 0 fully saturated rings. The largest absolute Gasteiger partial charge is 0.491 e. The zero-order valence-electron chi connectivity index (χ0n) is 13.8. The van der Waals surface area contributed by atoms with E-state index in [0.717, 1.165) is 12.3 Å². The summed E-state index contributed by atoms with van der Waals surface area (Å²) in [7, 11) is 2.15. The summed E-state index contributed by atoms with van der Waals surface area (Å²) in [6.45, 7) is 12.4. The van der Waals surface area contributed by atoms with Crippen molar-refractivity contribution < 1.29 is 4.74 Å². The lowest BCUT2D eigenvalue weighted by atomic mass is 9.92. The molecule has 1 rings (SSSR count). The Hall–Kier alpha value is -1.06. The Bertz CT molecular complexity index is 398. The molecule has 3 nitrogen and oxygen atoms in total. The van der Waals surface area contributed by atoms with E-state index in [9.17, 15) is 0 Å². The molecule has 0 saturated carbocycles. The van der Waals surface area contributed by atoms with Crippen molar-refractivity contribution in [2.45, 2.75) is 46.8 Å². The Morgan fingerprint density at radius 2 is 1.70 bits per heavy atom. The van der Waals surface area contributed by atoms with E-state index in [1.54, 1.807) is 0 Å². The molecule has 0 aliphatic rings. The van der Waals surface area contributed by atoms with E-state index in [2.05, 4.69) is 44.9 Å². The highest BCUT2D eigenvalue weighted by Gasteiger charge is 2.21. The highest BCUT2D eigenvalue weighted by molar-refractivity contribution is 5.29. The van der Waals surface area contributed by atoms with E-state index in [4.69, 9.17) is 10.5 Å². The molecule has 0 radical (unpaired) electrons.